The Kier molecular flexibility index (Phi) is 0.361. The fourth-order valence-electron chi connectivity index (χ4n) is 0.701. The molecule has 0 radical (unpaired) electrons. The van der Waals surface area contributed by atoms with E-state index in [9.17, 15) is 0 Å². The van der Waals surface area contributed by atoms with Crippen LogP contribution >= 0.6 is 0 Å². The van der Waals surface area contributed by atoms with Gasteiger partial charge in [-0.3, -0.25) is 0 Å². The Bertz CT molecular complexity index is 168. The summed E-state index contributed by atoms with van der Waals surface area (Å²) in [6, 6.07) is 9.88. The molecule has 7 heavy (non-hydrogen) atoms. The van der Waals surface area contributed by atoms with Gasteiger partial charge in [-0.15, -0.1) is 0 Å². The molecule has 0 aromatic heterocycles. The average Bonchev–Trinajstić information content (AvgIpc) is 2.41. The van der Waals surface area contributed by atoms with Gasteiger partial charge in [0.05, 0.1) is 0 Å². The van der Waals surface area contributed by atoms with Gasteiger partial charge in [0, 0.05) is 12.0 Å². The van der Waals surface area contributed by atoms with Crippen molar-refractivity contribution in [2.45, 2.75) is 6.42 Å². The third-order valence-corrected chi connectivity index (χ3v) is 1.22. The molecule has 0 N–H and O–H groups in total. The zero-order chi connectivity index (χ0) is 4.69. The van der Waals surface area contributed by atoms with E-state index < -0.39 is 0 Å². The van der Waals surface area contributed by atoms with E-state index in [4.69, 9.17) is 0 Å². The van der Waals surface area contributed by atoms with Crippen molar-refractivity contribution in [2.75, 3.05) is 0 Å². The maximum atomic E-state index is 3.00. The molecule has 0 fully saturated rings. The fourth-order valence-corrected chi connectivity index (χ4v) is 0.701. The van der Waals surface area contributed by atoms with Crippen molar-refractivity contribution in [3.63, 3.8) is 0 Å². The summed E-state index contributed by atoms with van der Waals surface area (Å²) < 4.78 is 0. The normalized spacial score (nSPS) is 12.0. The van der Waals surface area contributed by atoms with Crippen molar-refractivity contribution >= 4 is 0 Å². The second-order valence-electron chi connectivity index (χ2n) is 1.78. The second-order valence-corrected chi connectivity index (χ2v) is 1.78. The lowest BCUT2D eigenvalue weighted by Gasteiger charge is -1.60. The van der Waals surface area contributed by atoms with Gasteiger partial charge in [0.15, 0.2) is 0 Å². The predicted octanol–water partition coefficient (Wildman–Crippen LogP) is 1.19. The van der Waals surface area contributed by atoms with Crippen molar-refractivity contribution in [3.8, 4) is 0 Å². The predicted molar refractivity (Wildman–Crippen MR) is 26.9 cm³/mol. The van der Waals surface area contributed by atoms with Gasteiger partial charge in [-0.25, -0.2) is 0 Å². The molecular formula is C7H4. The molecule has 0 spiro atoms. The lowest BCUT2D eigenvalue weighted by Crippen LogP contribution is -1.44. The van der Waals surface area contributed by atoms with Crippen molar-refractivity contribution in [3.05, 3.63) is 35.4 Å². The van der Waals surface area contributed by atoms with Crippen LogP contribution in [-0.2, 0) is 6.42 Å². The zero-order valence-corrected chi connectivity index (χ0v) is 3.86. The van der Waals surface area contributed by atoms with Crippen LogP contribution < -0.4 is 0 Å². The third-order valence-electron chi connectivity index (χ3n) is 1.22. The molecule has 0 amide bonds. The molecule has 0 saturated carbocycles. The molecule has 0 aliphatic heterocycles. The Morgan fingerprint density at radius 3 is 3.14 bits per heavy atom. The van der Waals surface area contributed by atoms with Gasteiger partial charge in [0.2, 0.25) is 0 Å². The summed E-state index contributed by atoms with van der Waals surface area (Å²) in [4.78, 5) is 0. The Balaban J connectivity index is 2.73. The van der Waals surface area contributed by atoms with Crippen LogP contribution in [0.3, 0.4) is 0 Å². The molecule has 1 aliphatic rings. The van der Waals surface area contributed by atoms with Gasteiger partial charge < -0.3 is 0 Å². The van der Waals surface area contributed by atoms with Gasteiger partial charge in [0.25, 0.3) is 0 Å². The Morgan fingerprint density at radius 2 is 2.57 bits per heavy atom. The molecule has 0 atom stereocenters. The van der Waals surface area contributed by atoms with E-state index in [0.29, 0.717) is 0 Å². The summed E-state index contributed by atoms with van der Waals surface area (Å²) >= 11 is 0. The van der Waals surface area contributed by atoms with Gasteiger partial charge in [-0.2, -0.15) is 0 Å². The maximum Gasteiger partial charge on any atom is 0.0104 e. The van der Waals surface area contributed by atoms with Crippen LogP contribution in [0.2, 0.25) is 0 Å². The van der Waals surface area contributed by atoms with E-state index in [1.54, 1.807) is 0 Å². The third kappa shape index (κ3) is 0.321. The number of hydrogen-bond donors (Lipinski definition) is 0. The molecular weight excluding hydrogens is 84.1 g/mol. The number of hydrogen-bond acceptors (Lipinski definition) is 0. The largest absolute Gasteiger partial charge is 0.0699 e. The molecule has 1 aromatic rings. The van der Waals surface area contributed by atoms with Gasteiger partial charge >= 0.3 is 0 Å². The van der Waals surface area contributed by atoms with Crippen LogP contribution in [0.5, 0.6) is 0 Å². The summed E-state index contributed by atoms with van der Waals surface area (Å²) in [5.74, 6) is 0. The first-order chi connectivity index (χ1) is 3.47. The number of fused-ring (bicyclic) bond motifs is 1. The molecule has 1 aromatic carbocycles. The van der Waals surface area contributed by atoms with Gasteiger partial charge in [-0.05, 0) is 17.7 Å². The summed E-state index contributed by atoms with van der Waals surface area (Å²) in [6.07, 6.45) is 1.16. The molecule has 0 saturated heterocycles. The highest BCUT2D eigenvalue weighted by molar-refractivity contribution is 5.40. The topological polar surface area (TPSA) is 0 Å². The summed E-state index contributed by atoms with van der Waals surface area (Å²) in [6.45, 7) is 0. The minimum absolute atomic E-state index is 1.16. The Labute approximate surface area is 42.8 Å². The highest BCUT2D eigenvalue weighted by Crippen LogP contribution is 2.22. The summed E-state index contributed by atoms with van der Waals surface area (Å²) in [5, 5.41) is 0. The highest BCUT2D eigenvalue weighted by Gasteiger charge is 2.12. The van der Waals surface area contributed by atoms with E-state index in [1.165, 1.54) is 11.1 Å². The lowest BCUT2D eigenvalue weighted by atomic mass is 10.4. The van der Waals surface area contributed by atoms with Gasteiger partial charge in [0.1, 0.15) is 0 Å². The quantitative estimate of drug-likeness (QED) is 0.453. The Hall–Kier alpha value is -0.960. The first-order valence-corrected chi connectivity index (χ1v) is 2.37. The highest BCUT2D eigenvalue weighted by atomic mass is 14.1. The summed E-state index contributed by atoms with van der Waals surface area (Å²) in [7, 11) is 0. The van der Waals surface area contributed by atoms with Crippen molar-refractivity contribution in [2.24, 2.45) is 0 Å². The van der Waals surface area contributed by atoms with Crippen molar-refractivity contribution in [1.29, 1.82) is 0 Å². The van der Waals surface area contributed by atoms with E-state index in [-0.39, 0.29) is 0 Å². The Morgan fingerprint density at radius 1 is 1.57 bits per heavy atom. The zero-order valence-electron chi connectivity index (χ0n) is 3.86. The smallest absolute Gasteiger partial charge is 0.0104 e. The molecule has 32 valence electrons. The van der Waals surface area contributed by atoms with Crippen molar-refractivity contribution in [1.82, 2.24) is 0 Å². The standard InChI is InChI=1S/C7H4/c1-2-4-7-5-6(7)3-1/h1,3H,5H2. The minimum Gasteiger partial charge on any atom is -0.0699 e. The fraction of sp³-hybridized carbons (Fsp3) is 0.143. The molecule has 0 bridgehead atoms. The molecule has 0 heterocycles. The van der Waals surface area contributed by atoms with Crippen molar-refractivity contribution < 1.29 is 0 Å². The van der Waals surface area contributed by atoms with Crippen LogP contribution in [0.1, 0.15) is 11.1 Å². The summed E-state index contributed by atoms with van der Waals surface area (Å²) in [5.41, 5.74) is 2.79. The van der Waals surface area contributed by atoms with E-state index >= 15 is 0 Å². The van der Waals surface area contributed by atoms with E-state index in [2.05, 4.69) is 18.2 Å². The molecule has 0 unspecified atom stereocenters. The average molecular weight is 88.1 g/mol. The molecule has 1 aliphatic carbocycles. The minimum atomic E-state index is 1.16. The first-order valence-electron chi connectivity index (χ1n) is 2.37. The SMILES string of the molecule is c1ccc2c(c#1)C2. The molecule has 2 rings (SSSR count). The monoisotopic (exact) mass is 88.0 g/mol. The number of rotatable bonds is 0. The van der Waals surface area contributed by atoms with Crippen LogP contribution in [0, 0.1) is 12.1 Å². The van der Waals surface area contributed by atoms with Crippen LogP contribution in [0.4, 0.5) is 0 Å². The molecule has 0 nitrogen and oxygen atoms in total. The van der Waals surface area contributed by atoms with Crippen LogP contribution in [-0.4, -0.2) is 0 Å². The second kappa shape index (κ2) is 0.816. The maximum absolute atomic E-state index is 3.00. The first kappa shape index (κ1) is 3.10. The van der Waals surface area contributed by atoms with Crippen LogP contribution in [0.15, 0.2) is 12.1 Å². The molecule has 0 heteroatoms. The van der Waals surface area contributed by atoms with Crippen LogP contribution in [0.25, 0.3) is 0 Å². The lowest BCUT2D eigenvalue weighted by molar-refractivity contribution is 1.61. The van der Waals surface area contributed by atoms with E-state index in [1.807, 2.05) is 6.07 Å². The van der Waals surface area contributed by atoms with E-state index in [0.717, 1.165) is 6.42 Å². The van der Waals surface area contributed by atoms with Gasteiger partial charge in [-0.1, -0.05) is 12.1 Å².